The molecule has 0 bridgehead atoms. The monoisotopic (exact) mass is 257 g/mol. The molecule has 2 rings (SSSR count). The first-order valence-electron chi connectivity index (χ1n) is 6.46. The van der Waals surface area contributed by atoms with Gasteiger partial charge in [-0.3, -0.25) is 0 Å². The summed E-state index contributed by atoms with van der Waals surface area (Å²) in [5.41, 5.74) is 2.21. The lowest BCUT2D eigenvalue weighted by molar-refractivity contribution is 0.414. The third kappa shape index (κ3) is 4.03. The zero-order valence-electron chi connectivity index (χ0n) is 11.4. The van der Waals surface area contributed by atoms with Crippen LogP contribution >= 0.6 is 0 Å². The molecule has 0 amide bonds. The maximum atomic E-state index is 5.14. The van der Waals surface area contributed by atoms with Crippen LogP contribution in [0, 0.1) is 0 Å². The summed E-state index contributed by atoms with van der Waals surface area (Å²) >= 11 is 0. The Morgan fingerprint density at radius 1 is 1.16 bits per heavy atom. The Balaban J connectivity index is 2.05. The predicted octanol–water partition coefficient (Wildman–Crippen LogP) is 2.19. The van der Waals surface area contributed by atoms with E-state index in [1.807, 2.05) is 36.5 Å². The molecule has 4 nitrogen and oxygen atoms in total. The van der Waals surface area contributed by atoms with Gasteiger partial charge in [0.2, 0.25) is 0 Å². The number of benzene rings is 1. The van der Waals surface area contributed by atoms with Gasteiger partial charge in [-0.2, -0.15) is 0 Å². The average Bonchev–Trinajstić information content (AvgIpc) is 2.46. The minimum Gasteiger partial charge on any atom is -0.497 e. The molecule has 0 atom stereocenters. The van der Waals surface area contributed by atoms with Gasteiger partial charge in [0.1, 0.15) is 11.6 Å². The molecule has 1 aromatic carbocycles. The molecule has 4 heteroatoms. The topological polar surface area (TPSA) is 47.0 Å². The van der Waals surface area contributed by atoms with E-state index in [1.54, 1.807) is 7.11 Å². The van der Waals surface area contributed by atoms with Gasteiger partial charge in [0, 0.05) is 19.2 Å². The van der Waals surface area contributed by atoms with Crippen LogP contribution in [0.15, 0.2) is 36.5 Å². The Bertz CT molecular complexity index is 511. The standard InChI is InChI=1S/C15H19N3O/c1-3-16-11-13-8-9-17-15(18-13)10-12-4-6-14(19-2)7-5-12/h4-9,16H,3,10-11H2,1-2H3. The van der Waals surface area contributed by atoms with Gasteiger partial charge in [-0.25, -0.2) is 9.97 Å². The Labute approximate surface area is 113 Å². The van der Waals surface area contributed by atoms with Crippen LogP contribution < -0.4 is 10.1 Å². The molecule has 0 saturated heterocycles. The van der Waals surface area contributed by atoms with E-state index in [9.17, 15) is 0 Å². The van der Waals surface area contributed by atoms with E-state index < -0.39 is 0 Å². The number of ether oxygens (including phenoxy) is 1. The van der Waals surface area contributed by atoms with Crippen molar-refractivity contribution in [1.29, 1.82) is 0 Å². The van der Waals surface area contributed by atoms with Crippen molar-refractivity contribution >= 4 is 0 Å². The average molecular weight is 257 g/mol. The third-order valence-corrected chi connectivity index (χ3v) is 2.84. The molecule has 19 heavy (non-hydrogen) atoms. The van der Waals surface area contributed by atoms with Crippen molar-refractivity contribution < 1.29 is 4.74 Å². The van der Waals surface area contributed by atoms with E-state index in [0.717, 1.165) is 36.8 Å². The highest BCUT2D eigenvalue weighted by Crippen LogP contribution is 2.13. The van der Waals surface area contributed by atoms with Crippen molar-refractivity contribution in [1.82, 2.24) is 15.3 Å². The van der Waals surface area contributed by atoms with E-state index >= 15 is 0 Å². The fourth-order valence-corrected chi connectivity index (χ4v) is 1.80. The largest absolute Gasteiger partial charge is 0.497 e. The first-order chi connectivity index (χ1) is 9.31. The molecule has 0 unspecified atom stereocenters. The second kappa shape index (κ2) is 6.85. The molecule has 0 aliphatic heterocycles. The summed E-state index contributed by atoms with van der Waals surface area (Å²) in [4.78, 5) is 8.86. The van der Waals surface area contributed by atoms with Crippen LogP contribution in [0.2, 0.25) is 0 Å². The molecule has 2 aromatic rings. The van der Waals surface area contributed by atoms with Crippen LogP contribution in [-0.2, 0) is 13.0 Å². The van der Waals surface area contributed by atoms with Crippen LogP contribution in [0.4, 0.5) is 0 Å². The van der Waals surface area contributed by atoms with E-state index in [0.29, 0.717) is 0 Å². The second-order valence-corrected chi connectivity index (χ2v) is 4.27. The van der Waals surface area contributed by atoms with Gasteiger partial charge < -0.3 is 10.1 Å². The number of nitrogens with one attached hydrogen (secondary N) is 1. The molecule has 1 aromatic heterocycles. The second-order valence-electron chi connectivity index (χ2n) is 4.27. The highest BCUT2D eigenvalue weighted by Gasteiger charge is 2.01. The maximum absolute atomic E-state index is 5.14. The zero-order valence-corrected chi connectivity index (χ0v) is 11.4. The van der Waals surface area contributed by atoms with Gasteiger partial charge >= 0.3 is 0 Å². The van der Waals surface area contributed by atoms with Crippen LogP contribution in [0.3, 0.4) is 0 Å². The summed E-state index contributed by atoms with van der Waals surface area (Å²) in [6.07, 6.45) is 2.56. The van der Waals surface area contributed by atoms with Gasteiger partial charge in [0.25, 0.3) is 0 Å². The summed E-state index contributed by atoms with van der Waals surface area (Å²) in [6.45, 7) is 3.81. The van der Waals surface area contributed by atoms with Gasteiger partial charge in [-0.15, -0.1) is 0 Å². The number of nitrogens with zero attached hydrogens (tertiary/aromatic N) is 2. The van der Waals surface area contributed by atoms with Crippen LogP contribution in [0.5, 0.6) is 5.75 Å². The molecule has 0 spiro atoms. The number of hydrogen-bond donors (Lipinski definition) is 1. The lowest BCUT2D eigenvalue weighted by Gasteiger charge is -2.05. The number of aromatic nitrogens is 2. The molecular weight excluding hydrogens is 238 g/mol. The third-order valence-electron chi connectivity index (χ3n) is 2.84. The molecule has 1 N–H and O–H groups in total. The van der Waals surface area contributed by atoms with Gasteiger partial charge in [0.05, 0.1) is 12.8 Å². The highest BCUT2D eigenvalue weighted by atomic mass is 16.5. The van der Waals surface area contributed by atoms with Crippen molar-refractivity contribution in [3.8, 4) is 5.75 Å². The first-order valence-corrected chi connectivity index (χ1v) is 6.46. The molecule has 0 fully saturated rings. The minimum atomic E-state index is 0.740. The molecule has 1 heterocycles. The van der Waals surface area contributed by atoms with Crippen molar-refractivity contribution in [2.75, 3.05) is 13.7 Å². The molecule has 0 aliphatic rings. The van der Waals surface area contributed by atoms with Crippen molar-refractivity contribution in [2.24, 2.45) is 0 Å². The summed E-state index contributed by atoms with van der Waals surface area (Å²) in [7, 11) is 1.67. The van der Waals surface area contributed by atoms with Crippen LogP contribution in [0.1, 0.15) is 24.0 Å². The number of rotatable bonds is 6. The number of methoxy groups -OCH3 is 1. The lowest BCUT2D eigenvalue weighted by atomic mass is 10.1. The number of hydrogen-bond acceptors (Lipinski definition) is 4. The zero-order chi connectivity index (χ0) is 13.5. The van der Waals surface area contributed by atoms with Gasteiger partial charge in [-0.05, 0) is 30.3 Å². The lowest BCUT2D eigenvalue weighted by Crippen LogP contribution is -2.13. The van der Waals surface area contributed by atoms with Gasteiger partial charge in [0.15, 0.2) is 0 Å². The smallest absolute Gasteiger partial charge is 0.132 e. The van der Waals surface area contributed by atoms with E-state index in [1.165, 1.54) is 5.56 Å². The van der Waals surface area contributed by atoms with Gasteiger partial charge in [-0.1, -0.05) is 19.1 Å². The maximum Gasteiger partial charge on any atom is 0.132 e. The summed E-state index contributed by atoms with van der Waals surface area (Å²) in [5, 5.41) is 3.26. The minimum absolute atomic E-state index is 0.740. The normalized spacial score (nSPS) is 10.4. The Hall–Kier alpha value is -1.94. The molecule has 0 saturated carbocycles. The van der Waals surface area contributed by atoms with Crippen LogP contribution in [-0.4, -0.2) is 23.6 Å². The molecule has 100 valence electrons. The van der Waals surface area contributed by atoms with Crippen molar-refractivity contribution in [3.63, 3.8) is 0 Å². The Morgan fingerprint density at radius 2 is 1.95 bits per heavy atom. The summed E-state index contributed by atoms with van der Waals surface area (Å²) < 4.78 is 5.14. The Kier molecular flexibility index (Phi) is 4.86. The summed E-state index contributed by atoms with van der Waals surface area (Å²) in [5.74, 6) is 1.71. The molecular formula is C15H19N3O. The highest BCUT2D eigenvalue weighted by molar-refractivity contribution is 5.28. The first kappa shape index (κ1) is 13.5. The fraction of sp³-hybridized carbons (Fsp3) is 0.333. The fourth-order valence-electron chi connectivity index (χ4n) is 1.80. The predicted molar refractivity (Wildman–Crippen MR) is 75.2 cm³/mol. The van der Waals surface area contributed by atoms with E-state index in [4.69, 9.17) is 4.74 Å². The van der Waals surface area contributed by atoms with E-state index in [-0.39, 0.29) is 0 Å². The van der Waals surface area contributed by atoms with Crippen molar-refractivity contribution in [2.45, 2.75) is 19.9 Å². The SMILES string of the molecule is CCNCc1ccnc(Cc2ccc(OC)cc2)n1. The van der Waals surface area contributed by atoms with Crippen molar-refractivity contribution in [3.05, 3.63) is 53.6 Å². The summed E-state index contributed by atoms with van der Waals surface area (Å²) in [6, 6.07) is 9.94. The Morgan fingerprint density at radius 3 is 2.63 bits per heavy atom. The van der Waals surface area contributed by atoms with Crippen LogP contribution in [0.25, 0.3) is 0 Å². The quantitative estimate of drug-likeness (QED) is 0.861. The van der Waals surface area contributed by atoms with E-state index in [2.05, 4.69) is 22.2 Å². The molecule has 0 radical (unpaired) electrons. The molecule has 0 aliphatic carbocycles.